The molecule has 3 unspecified atom stereocenters. The van der Waals surface area contributed by atoms with Gasteiger partial charge in [0.15, 0.2) is 0 Å². The summed E-state index contributed by atoms with van der Waals surface area (Å²) >= 11 is 0. The topological polar surface area (TPSA) is 62.3 Å². The van der Waals surface area contributed by atoms with Crippen LogP contribution < -0.4 is 4.90 Å². The van der Waals surface area contributed by atoms with Crippen molar-refractivity contribution in [3.05, 3.63) is 64.7 Å². The fourth-order valence-electron chi connectivity index (χ4n) is 8.03. The van der Waals surface area contributed by atoms with Crippen molar-refractivity contribution in [3.8, 4) is 0 Å². The fraction of sp³-hybridized carbons (Fsp3) is 0.576. The molecule has 0 spiro atoms. The van der Waals surface area contributed by atoms with Crippen LogP contribution in [0, 0.1) is 11.8 Å². The first kappa shape index (κ1) is 26.0. The van der Waals surface area contributed by atoms with Gasteiger partial charge in [0.05, 0.1) is 38.4 Å². The number of benzene rings is 2. The Morgan fingerprint density at radius 1 is 0.775 bits per heavy atom. The minimum atomic E-state index is -0.124. The van der Waals surface area contributed by atoms with Gasteiger partial charge in [0, 0.05) is 49.9 Å². The van der Waals surface area contributed by atoms with E-state index >= 15 is 0 Å². The molecule has 4 aliphatic heterocycles. The molecule has 7 heteroatoms. The zero-order valence-corrected chi connectivity index (χ0v) is 23.4. The number of morpholine rings is 2. The standard InChI is InChI=1S/C33H41N3O4/c37-32(34-12-16-39-17-13-34)25-10-11-28-29(21-25)36-22-26(33(38)35-14-18-40-19-15-35)20-24-8-4-5-9-27(24)31(36)30(28)23-6-2-1-3-7-23/h4-5,8-11,21,23,26,30-31H,1-3,6-7,12-20,22H2. The summed E-state index contributed by atoms with van der Waals surface area (Å²) in [5.41, 5.74) is 5.95. The number of anilines is 1. The number of carbonyl (C=O) groups is 2. The average Bonchev–Trinajstić information content (AvgIpc) is 3.23. The lowest BCUT2D eigenvalue weighted by Gasteiger charge is -2.36. The first-order chi connectivity index (χ1) is 19.7. The van der Waals surface area contributed by atoms with Crippen LogP contribution in [0.1, 0.15) is 71.1 Å². The molecule has 0 radical (unpaired) electrons. The first-order valence-corrected chi connectivity index (χ1v) is 15.4. The van der Waals surface area contributed by atoms with Gasteiger partial charge in [0.1, 0.15) is 0 Å². The number of amides is 2. The van der Waals surface area contributed by atoms with E-state index in [1.807, 2.05) is 9.80 Å². The summed E-state index contributed by atoms with van der Waals surface area (Å²) in [6, 6.07) is 15.5. The smallest absolute Gasteiger partial charge is 0.254 e. The second kappa shape index (κ2) is 11.2. The quantitative estimate of drug-likeness (QED) is 0.574. The highest BCUT2D eigenvalue weighted by molar-refractivity contribution is 5.96. The maximum Gasteiger partial charge on any atom is 0.254 e. The Morgan fingerprint density at radius 2 is 1.48 bits per heavy atom. The van der Waals surface area contributed by atoms with Gasteiger partial charge in [-0.3, -0.25) is 9.59 Å². The van der Waals surface area contributed by atoms with Gasteiger partial charge in [0.25, 0.3) is 5.91 Å². The molecule has 212 valence electrons. The molecule has 40 heavy (non-hydrogen) atoms. The lowest BCUT2D eigenvalue weighted by molar-refractivity contribution is -0.139. The predicted octanol–water partition coefficient (Wildman–Crippen LogP) is 4.42. The largest absolute Gasteiger partial charge is 0.378 e. The minimum absolute atomic E-state index is 0.0833. The summed E-state index contributed by atoms with van der Waals surface area (Å²) in [4.78, 5) is 34.0. The van der Waals surface area contributed by atoms with E-state index in [9.17, 15) is 9.59 Å². The third-order valence-electron chi connectivity index (χ3n) is 10.0. The molecule has 3 fully saturated rings. The van der Waals surface area contributed by atoms with Gasteiger partial charge in [-0.25, -0.2) is 0 Å². The lowest BCUT2D eigenvalue weighted by atomic mass is 9.72. The second-order valence-corrected chi connectivity index (χ2v) is 12.2. The van der Waals surface area contributed by atoms with Gasteiger partial charge in [0.2, 0.25) is 5.91 Å². The highest BCUT2D eigenvalue weighted by atomic mass is 16.5. The van der Waals surface area contributed by atoms with Gasteiger partial charge in [-0.05, 0) is 54.0 Å². The van der Waals surface area contributed by atoms with Crippen LogP contribution in [0.3, 0.4) is 0 Å². The highest BCUT2D eigenvalue weighted by Crippen LogP contribution is 2.57. The Hall–Kier alpha value is -2.90. The van der Waals surface area contributed by atoms with E-state index in [1.54, 1.807) is 0 Å². The van der Waals surface area contributed by atoms with Gasteiger partial charge < -0.3 is 24.2 Å². The first-order valence-electron chi connectivity index (χ1n) is 15.4. The van der Waals surface area contributed by atoms with E-state index in [0.717, 1.165) is 17.7 Å². The van der Waals surface area contributed by atoms with Gasteiger partial charge in [-0.1, -0.05) is 49.6 Å². The Labute approximate surface area is 237 Å². The van der Waals surface area contributed by atoms with E-state index < -0.39 is 0 Å². The number of carbonyl (C=O) groups excluding carboxylic acids is 2. The van der Waals surface area contributed by atoms with E-state index in [0.29, 0.717) is 71.0 Å². The number of hydrogen-bond donors (Lipinski definition) is 0. The maximum atomic E-state index is 14.0. The van der Waals surface area contributed by atoms with Crippen molar-refractivity contribution in [2.45, 2.75) is 50.5 Å². The molecule has 0 N–H and O–H groups in total. The van der Waals surface area contributed by atoms with Crippen molar-refractivity contribution in [1.82, 2.24) is 9.80 Å². The molecule has 7 rings (SSSR count). The van der Waals surface area contributed by atoms with Crippen molar-refractivity contribution in [2.75, 3.05) is 64.1 Å². The molecule has 1 aliphatic carbocycles. The highest BCUT2D eigenvalue weighted by Gasteiger charge is 2.47. The van der Waals surface area contributed by atoms with E-state index in [4.69, 9.17) is 9.47 Å². The van der Waals surface area contributed by atoms with Gasteiger partial charge in [-0.15, -0.1) is 0 Å². The average molecular weight is 544 g/mol. The summed E-state index contributed by atoms with van der Waals surface area (Å²) in [5.74, 6) is 1.19. The molecule has 4 heterocycles. The number of fused-ring (bicyclic) bond motifs is 5. The lowest BCUT2D eigenvalue weighted by Crippen LogP contribution is -2.46. The molecule has 2 saturated heterocycles. The number of ether oxygens (including phenoxy) is 2. The third kappa shape index (κ3) is 4.71. The summed E-state index contributed by atoms with van der Waals surface area (Å²) < 4.78 is 11.0. The van der Waals surface area contributed by atoms with E-state index in [1.165, 1.54) is 48.8 Å². The van der Waals surface area contributed by atoms with Crippen LogP contribution >= 0.6 is 0 Å². The van der Waals surface area contributed by atoms with Crippen LogP contribution in [-0.2, 0) is 20.7 Å². The van der Waals surface area contributed by atoms with E-state index in [-0.39, 0.29) is 23.8 Å². The van der Waals surface area contributed by atoms with Crippen LogP contribution in [0.2, 0.25) is 0 Å². The van der Waals surface area contributed by atoms with Crippen molar-refractivity contribution in [3.63, 3.8) is 0 Å². The molecular weight excluding hydrogens is 502 g/mol. The van der Waals surface area contributed by atoms with Crippen molar-refractivity contribution < 1.29 is 19.1 Å². The van der Waals surface area contributed by atoms with Crippen LogP contribution in [-0.4, -0.2) is 80.8 Å². The zero-order chi connectivity index (χ0) is 27.1. The third-order valence-corrected chi connectivity index (χ3v) is 10.0. The van der Waals surface area contributed by atoms with Crippen LogP contribution in [0.15, 0.2) is 42.5 Å². The van der Waals surface area contributed by atoms with Crippen molar-refractivity contribution in [2.24, 2.45) is 11.8 Å². The molecule has 2 aromatic carbocycles. The number of hydrogen-bond acceptors (Lipinski definition) is 5. The summed E-state index contributed by atoms with van der Waals surface area (Å²) in [6.45, 7) is 5.70. The Bertz CT molecular complexity index is 1250. The normalized spacial score (nSPS) is 27.0. The van der Waals surface area contributed by atoms with Crippen molar-refractivity contribution >= 4 is 17.5 Å². The van der Waals surface area contributed by atoms with Crippen LogP contribution in [0.25, 0.3) is 0 Å². The SMILES string of the molecule is O=C(c1ccc2c(c1)N1CC(C(=O)N3CCOCC3)Cc3ccccc3C1C2C1CCCCC1)N1CCOCC1. The van der Waals surface area contributed by atoms with Crippen LogP contribution in [0.5, 0.6) is 0 Å². The Balaban J connectivity index is 1.30. The summed E-state index contributed by atoms with van der Waals surface area (Å²) in [7, 11) is 0. The van der Waals surface area contributed by atoms with Gasteiger partial charge >= 0.3 is 0 Å². The number of nitrogens with zero attached hydrogens (tertiary/aromatic N) is 3. The molecule has 2 amide bonds. The second-order valence-electron chi connectivity index (χ2n) is 12.2. The maximum absolute atomic E-state index is 14.0. The molecule has 5 aliphatic rings. The summed E-state index contributed by atoms with van der Waals surface area (Å²) in [6.07, 6.45) is 7.16. The Kier molecular flexibility index (Phi) is 7.27. The van der Waals surface area contributed by atoms with Gasteiger partial charge in [-0.2, -0.15) is 0 Å². The van der Waals surface area contributed by atoms with E-state index in [2.05, 4.69) is 47.4 Å². The molecule has 7 nitrogen and oxygen atoms in total. The molecule has 0 aromatic heterocycles. The monoisotopic (exact) mass is 543 g/mol. The van der Waals surface area contributed by atoms with Crippen molar-refractivity contribution in [1.29, 1.82) is 0 Å². The molecular formula is C33H41N3O4. The zero-order valence-electron chi connectivity index (χ0n) is 23.4. The molecule has 3 atom stereocenters. The van der Waals surface area contributed by atoms with Crippen LogP contribution in [0.4, 0.5) is 5.69 Å². The Morgan fingerprint density at radius 3 is 2.23 bits per heavy atom. The summed E-state index contributed by atoms with van der Waals surface area (Å²) in [5, 5.41) is 0. The fourth-order valence-corrected chi connectivity index (χ4v) is 8.03. The number of rotatable bonds is 3. The predicted molar refractivity (Wildman–Crippen MR) is 154 cm³/mol. The molecule has 1 saturated carbocycles. The molecule has 2 aromatic rings. The molecule has 0 bridgehead atoms. The minimum Gasteiger partial charge on any atom is -0.378 e.